The van der Waals surface area contributed by atoms with Crippen LogP contribution < -0.4 is 10.6 Å². The number of rotatable bonds is 3. The average molecular weight is 300 g/mol. The molecule has 3 nitrogen and oxygen atoms in total. The minimum Gasteiger partial charge on any atom is -0.335 e. The highest BCUT2D eigenvalue weighted by molar-refractivity contribution is 5.74. The van der Waals surface area contributed by atoms with Crippen molar-refractivity contribution in [2.45, 2.75) is 50.9 Å². The third-order valence-corrected chi connectivity index (χ3v) is 3.75. The molecule has 116 valence electrons. The second kappa shape index (κ2) is 6.37. The Bertz CT molecular complexity index is 496. The molecular formula is C15H19F3N2O. The number of hydrogen-bond donors (Lipinski definition) is 2. The molecule has 0 aliphatic heterocycles. The number of nitrogens with one attached hydrogen (secondary N) is 2. The van der Waals surface area contributed by atoms with Gasteiger partial charge in [0.15, 0.2) is 0 Å². The zero-order valence-electron chi connectivity index (χ0n) is 11.8. The Hall–Kier alpha value is -1.72. The Morgan fingerprint density at radius 3 is 2.57 bits per heavy atom. The Kier molecular flexibility index (Phi) is 4.75. The predicted molar refractivity (Wildman–Crippen MR) is 73.8 cm³/mol. The zero-order valence-corrected chi connectivity index (χ0v) is 11.8. The molecule has 0 aromatic heterocycles. The molecule has 1 saturated carbocycles. The van der Waals surface area contributed by atoms with Crippen LogP contribution in [0.25, 0.3) is 0 Å². The summed E-state index contributed by atoms with van der Waals surface area (Å²) >= 11 is 0. The van der Waals surface area contributed by atoms with Gasteiger partial charge in [0.05, 0.1) is 11.6 Å². The second-order valence-electron chi connectivity index (χ2n) is 5.44. The van der Waals surface area contributed by atoms with Crippen LogP contribution >= 0.6 is 0 Å². The van der Waals surface area contributed by atoms with E-state index in [0.29, 0.717) is 5.56 Å². The van der Waals surface area contributed by atoms with Gasteiger partial charge in [0.25, 0.3) is 0 Å². The number of hydrogen-bond acceptors (Lipinski definition) is 1. The van der Waals surface area contributed by atoms with E-state index in [1.54, 1.807) is 13.0 Å². The predicted octanol–water partition coefficient (Wildman–Crippen LogP) is 4.01. The fourth-order valence-electron chi connectivity index (χ4n) is 2.56. The maximum Gasteiger partial charge on any atom is 0.416 e. The van der Waals surface area contributed by atoms with E-state index < -0.39 is 17.8 Å². The number of amides is 2. The molecule has 1 aliphatic carbocycles. The molecule has 2 N–H and O–H groups in total. The summed E-state index contributed by atoms with van der Waals surface area (Å²) in [6, 6.07) is 4.40. The zero-order chi connectivity index (χ0) is 15.5. The molecule has 0 bridgehead atoms. The minimum atomic E-state index is -4.37. The molecule has 0 heterocycles. The van der Waals surface area contributed by atoms with Crippen molar-refractivity contribution in [3.8, 4) is 0 Å². The first-order valence-corrected chi connectivity index (χ1v) is 7.10. The molecule has 6 heteroatoms. The summed E-state index contributed by atoms with van der Waals surface area (Å²) in [6.45, 7) is 1.67. The van der Waals surface area contributed by atoms with E-state index in [4.69, 9.17) is 0 Å². The van der Waals surface area contributed by atoms with Crippen molar-refractivity contribution in [1.29, 1.82) is 0 Å². The first-order chi connectivity index (χ1) is 9.86. The molecule has 21 heavy (non-hydrogen) atoms. The van der Waals surface area contributed by atoms with E-state index in [0.717, 1.165) is 37.8 Å². The van der Waals surface area contributed by atoms with Crippen molar-refractivity contribution in [3.63, 3.8) is 0 Å². The van der Waals surface area contributed by atoms with Crippen molar-refractivity contribution in [2.24, 2.45) is 0 Å². The van der Waals surface area contributed by atoms with Crippen molar-refractivity contribution < 1.29 is 18.0 Å². The molecule has 0 spiro atoms. The lowest BCUT2D eigenvalue weighted by atomic mass is 10.1. The van der Waals surface area contributed by atoms with Gasteiger partial charge in [-0.15, -0.1) is 0 Å². The molecule has 1 aromatic carbocycles. The van der Waals surface area contributed by atoms with Crippen LogP contribution in [0.15, 0.2) is 24.3 Å². The Balaban J connectivity index is 1.96. The van der Waals surface area contributed by atoms with Crippen LogP contribution in [0.1, 0.15) is 49.8 Å². The largest absolute Gasteiger partial charge is 0.416 e. The van der Waals surface area contributed by atoms with Crippen LogP contribution in [-0.2, 0) is 6.18 Å². The Morgan fingerprint density at radius 1 is 1.29 bits per heavy atom. The third kappa shape index (κ3) is 4.37. The highest BCUT2D eigenvalue weighted by Crippen LogP contribution is 2.30. The van der Waals surface area contributed by atoms with Gasteiger partial charge in [0.1, 0.15) is 0 Å². The summed E-state index contributed by atoms with van der Waals surface area (Å²) in [4.78, 5) is 11.8. The summed E-state index contributed by atoms with van der Waals surface area (Å²) < 4.78 is 38.0. The topological polar surface area (TPSA) is 41.1 Å². The van der Waals surface area contributed by atoms with Gasteiger partial charge in [-0.2, -0.15) is 13.2 Å². The van der Waals surface area contributed by atoms with Crippen LogP contribution in [0.4, 0.5) is 18.0 Å². The van der Waals surface area contributed by atoms with Crippen LogP contribution in [0.5, 0.6) is 0 Å². The standard InChI is InChI=1S/C15H19F3N2O/c1-10(19-14(21)20-13-7-2-3-8-13)11-5-4-6-12(9-11)15(16,17)18/h4-6,9-10,13H,2-3,7-8H2,1H3,(H2,19,20,21)/t10-/m1/s1. The average Bonchev–Trinajstić information content (AvgIpc) is 2.90. The highest BCUT2D eigenvalue weighted by Gasteiger charge is 2.30. The molecule has 1 aliphatic rings. The Morgan fingerprint density at radius 2 is 1.95 bits per heavy atom. The fraction of sp³-hybridized carbons (Fsp3) is 0.533. The van der Waals surface area contributed by atoms with Crippen LogP contribution in [0, 0.1) is 0 Å². The van der Waals surface area contributed by atoms with Gasteiger partial charge < -0.3 is 10.6 Å². The summed E-state index contributed by atoms with van der Waals surface area (Å²) in [5.74, 6) is 0. The second-order valence-corrected chi connectivity index (χ2v) is 5.44. The third-order valence-electron chi connectivity index (χ3n) is 3.75. The summed E-state index contributed by atoms with van der Waals surface area (Å²) in [7, 11) is 0. The summed E-state index contributed by atoms with van der Waals surface area (Å²) in [5, 5.41) is 5.54. The van der Waals surface area contributed by atoms with Crippen molar-refractivity contribution in [1.82, 2.24) is 10.6 Å². The molecule has 2 amide bonds. The number of alkyl halides is 3. The monoisotopic (exact) mass is 300 g/mol. The lowest BCUT2D eigenvalue weighted by Gasteiger charge is -2.18. The van der Waals surface area contributed by atoms with E-state index in [9.17, 15) is 18.0 Å². The lowest BCUT2D eigenvalue weighted by molar-refractivity contribution is -0.137. The summed E-state index contributed by atoms with van der Waals surface area (Å²) in [5.41, 5.74) is -0.267. The molecule has 1 fully saturated rings. The van der Waals surface area contributed by atoms with E-state index in [-0.39, 0.29) is 12.1 Å². The van der Waals surface area contributed by atoms with Crippen molar-refractivity contribution >= 4 is 6.03 Å². The van der Waals surface area contributed by atoms with E-state index in [1.165, 1.54) is 6.07 Å². The quantitative estimate of drug-likeness (QED) is 0.870. The van der Waals surface area contributed by atoms with Crippen molar-refractivity contribution in [3.05, 3.63) is 35.4 Å². The maximum absolute atomic E-state index is 12.7. The van der Waals surface area contributed by atoms with Gasteiger partial charge in [-0.05, 0) is 37.5 Å². The Labute approximate surface area is 121 Å². The van der Waals surface area contributed by atoms with Gasteiger partial charge in [-0.3, -0.25) is 0 Å². The highest BCUT2D eigenvalue weighted by atomic mass is 19.4. The first kappa shape index (κ1) is 15.7. The van der Waals surface area contributed by atoms with Gasteiger partial charge >= 0.3 is 12.2 Å². The molecule has 0 saturated heterocycles. The van der Waals surface area contributed by atoms with Gasteiger partial charge in [0, 0.05) is 6.04 Å². The number of benzene rings is 1. The number of urea groups is 1. The van der Waals surface area contributed by atoms with Crippen LogP contribution in [-0.4, -0.2) is 12.1 Å². The maximum atomic E-state index is 12.7. The molecular weight excluding hydrogens is 281 g/mol. The van der Waals surface area contributed by atoms with Gasteiger partial charge in [0.2, 0.25) is 0 Å². The first-order valence-electron chi connectivity index (χ1n) is 7.10. The number of carbonyl (C=O) groups excluding carboxylic acids is 1. The molecule has 0 radical (unpaired) electrons. The molecule has 2 rings (SSSR count). The fourth-order valence-corrected chi connectivity index (χ4v) is 2.56. The molecule has 0 unspecified atom stereocenters. The summed E-state index contributed by atoms with van der Waals surface area (Å²) in [6.07, 6.45) is -0.235. The smallest absolute Gasteiger partial charge is 0.335 e. The van der Waals surface area contributed by atoms with Crippen molar-refractivity contribution in [2.75, 3.05) is 0 Å². The van der Waals surface area contributed by atoms with Crippen LogP contribution in [0.3, 0.4) is 0 Å². The SMILES string of the molecule is C[C@@H](NC(=O)NC1CCCC1)c1cccc(C(F)(F)F)c1. The molecule has 1 aromatic rings. The molecule has 1 atom stereocenters. The normalized spacial score (nSPS) is 17.5. The van der Waals surface area contributed by atoms with E-state index in [2.05, 4.69) is 10.6 Å². The van der Waals surface area contributed by atoms with Crippen LogP contribution in [0.2, 0.25) is 0 Å². The van der Waals surface area contributed by atoms with E-state index in [1.807, 2.05) is 0 Å². The minimum absolute atomic E-state index is 0.179. The van der Waals surface area contributed by atoms with Gasteiger partial charge in [-0.25, -0.2) is 4.79 Å². The van der Waals surface area contributed by atoms with E-state index >= 15 is 0 Å². The van der Waals surface area contributed by atoms with Gasteiger partial charge in [-0.1, -0.05) is 25.0 Å². The number of halogens is 3. The number of carbonyl (C=O) groups is 1. The lowest BCUT2D eigenvalue weighted by Crippen LogP contribution is -2.41.